The molecular formula is C26H22Cl2FN3O4S2. The van der Waals surface area contributed by atoms with E-state index in [1.165, 1.54) is 12.1 Å². The van der Waals surface area contributed by atoms with Crippen molar-refractivity contribution in [3.8, 4) is 33.3 Å². The Morgan fingerprint density at radius 2 is 1.89 bits per heavy atom. The lowest BCUT2D eigenvalue weighted by Crippen LogP contribution is -2.38. The number of nitrogens with zero attached hydrogens (tertiary/aromatic N) is 3. The van der Waals surface area contributed by atoms with Gasteiger partial charge in [-0.2, -0.15) is 14.7 Å². The molecular weight excluding hydrogens is 572 g/mol. The fourth-order valence-corrected chi connectivity index (χ4v) is 6.36. The third kappa shape index (κ3) is 6.64. The summed E-state index contributed by atoms with van der Waals surface area (Å²) in [7, 11) is 0. The van der Waals surface area contributed by atoms with E-state index in [9.17, 15) is 4.39 Å². The van der Waals surface area contributed by atoms with Crippen molar-refractivity contribution >= 4 is 52.5 Å². The molecule has 0 unspecified atom stereocenters. The SMILES string of the molecule is Cc1nn(-c2nc(-c3ccc(Cl)c(Cl)c3)c(SC(C)C)s2)cc1-c1cc(F)cc(OC2COC2)c1.O=C=O. The normalized spacial score (nSPS) is 13.0. The molecule has 4 aromatic rings. The number of halogens is 3. The van der Waals surface area contributed by atoms with Gasteiger partial charge < -0.3 is 9.47 Å². The van der Waals surface area contributed by atoms with Crippen LogP contribution in [0.1, 0.15) is 19.5 Å². The molecule has 1 saturated heterocycles. The van der Waals surface area contributed by atoms with E-state index in [4.69, 9.17) is 47.2 Å². The zero-order valence-electron chi connectivity index (χ0n) is 20.5. The van der Waals surface area contributed by atoms with E-state index in [0.717, 1.165) is 26.7 Å². The highest BCUT2D eigenvalue weighted by atomic mass is 35.5. The summed E-state index contributed by atoms with van der Waals surface area (Å²) in [5.74, 6) is 0.115. The molecule has 2 aromatic carbocycles. The van der Waals surface area contributed by atoms with Gasteiger partial charge in [0.2, 0.25) is 5.13 Å². The van der Waals surface area contributed by atoms with Crippen LogP contribution in [0.3, 0.4) is 0 Å². The summed E-state index contributed by atoms with van der Waals surface area (Å²) in [6.07, 6.45) is 2.09. The molecule has 0 aliphatic carbocycles. The molecule has 0 atom stereocenters. The topological polar surface area (TPSA) is 83.3 Å². The molecule has 0 radical (unpaired) electrons. The number of hydrogen-bond donors (Lipinski definition) is 0. The zero-order valence-corrected chi connectivity index (χ0v) is 23.7. The van der Waals surface area contributed by atoms with Gasteiger partial charge in [0.05, 0.1) is 38.9 Å². The van der Waals surface area contributed by atoms with Gasteiger partial charge in [-0.1, -0.05) is 54.5 Å². The lowest BCUT2D eigenvalue weighted by Gasteiger charge is -2.26. The summed E-state index contributed by atoms with van der Waals surface area (Å²) in [6.45, 7) is 7.21. The Morgan fingerprint density at radius 3 is 2.53 bits per heavy atom. The van der Waals surface area contributed by atoms with Crippen molar-refractivity contribution in [1.29, 1.82) is 0 Å². The first-order valence-electron chi connectivity index (χ1n) is 11.4. The molecule has 2 aromatic heterocycles. The molecule has 198 valence electrons. The largest absolute Gasteiger partial charge is 0.485 e. The average Bonchev–Trinajstić information content (AvgIpc) is 3.41. The third-order valence-corrected chi connectivity index (χ3v) is 8.30. The van der Waals surface area contributed by atoms with E-state index in [1.54, 1.807) is 33.8 Å². The third-order valence-electron chi connectivity index (χ3n) is 5.31. The molecule has 1 fully saturated rings. The second-order valence-corrected chi connectivity index (χ2v) is 12.2. The van der Waals surface area contributed by atoms with E-state index in [0.29, 0.717) is 45.0 Å². The van der Waals surface area contributed by atoms with Gasteiger partial charge in [-0.15, -0.1) is 11.8 Å². The summed E-state index contributed by atoms with van der Waals surface area (Å²) in [4.78, 5) is 21.1. The van der Waals surface area contributed by atoms with Crippen LogP contribution in [0.15, 0.2) is 46.8 Å². The minimum absolute atomic E-state index is 0.0412. The van der Waals surface area contributed by atoms with Crippen molar-refractivity contribution in [3.05, 3.63) is 64.2 Å². The van der Waals surface area contributed by atoms with Gasteiger partial charge in [-0.3, -0.25) is 0 Å². The number of carbonyl (C=O) groups excluding carboxylic acids is 2. The molecule has 1 aliphatic rings. The Balaban J connectivity index is 0.00000107. The van der Waals surface area contributed by atoms with E-state index in [-0.39, 0.29) is 18.1 Å². The van der Waals surface area contributed by atoms with Gasteiger partial charge in [0.15, 0.2) is 0 Å². The van der Waals surface area contributed by atoms with Crippen molar-refractivity contribution in [1.82, 2.24) is 14.8 Å². The summed E-state index contributed by atoms with van der Waals surface area (Å²) in [6, 6.07) is 10.2. The number of aryl methyl sites for hydroxylation is 1. The monoisotopic (exact) mass is 593 g/mol. The van der Waals surface area contributed by atoms with Gasteiger partial charge in [-0.05, 0) is 36.8 Å². The second kappa shape index (κ2) is 12.4. The van der Waals surface area contributed by atoms with Crippen molar-refractivity contribution in [2.75, 3.05) is 13.2 Å². The zero-order chi connectivity index (χ0) is 27.4. The number of thioether (sulfide) groups is 1. The van der Waals surface area contributed by atoms with Crippen molar-refractivity contribution < 1.29 is 23.5 Å². The Bertz CT molecular complexity index is 1480. The fraction of sp³-hybridized carbons (Fsp3) is 0.269. The summed E-state index contributed by atoms with van der Waals surface area (Å²) < 4.78 is 28.2. The molecule has 5 rings (SSSR count). The number of rotatable bonds is 7. The first-order chi connectivity index (χ1) is 18.2. The lowest BCUT2D eigenvalue weighted by molar-refractivity contribution is -0.191. The van der Waals surface area contributed by atoms with Gasteiger partial charge in [0, 0.05) is 28.6 Å². The van der Waals surface area contributed by atoms with Crippen molar-refractivity contribution in [3.63, 3.8) is 0 Å². The Labute approximate surface area is 236 Å². The van der Waals surface area contributed by atoms with Crippen LogP contribution in [-0.2, 0) is 14.3 Å². The summed E-state index contributed by atoms with van der Waals surface area (Å²) in [5, 5.41) is 6.75. The molecule has 0 spiro atoms. The number of thiazole rings is 1. The van der Waals surface area contributed by atoms with Crippen molar-refractivity contribution in [2.45, 2.75) is 36.3 Å². The molecule has 0 amide bonds. The van der Waals surface area contributed by atoms with Crippen LogP contribution in [0, 0.1) is 12.7 Å². The van der Waals surface area contributed by atoms with E-state index >= 15 is 0 Å². The average molecular weight is 595 g/mol. The number of ether oxygens (including phenoxy) is 2. The summed E-state index contributed by atoms with van der Waals surface area (Å²) >= 11 is 15.7. The van der Waals surface area contributed by atoms with Crippen LogP contribution in [0.25, 0.3) is 27.5 Å². The van der Waals surface area contributed by atoms with Crippen LogP contribution in [0.5, 0.6) is 5.75 Å². The molecule has 38 heavy (non-hydrogen) atoms. The number of aromatic nitrogens is 3. The maximum Gasteiger partial charge on any atom is 0.373 e. The highest BCUT2D eigenvalue weighted by Crippen LogP contribution is 2.41. The number of benzene rings is 2. The minimum atomic E-state index is -0.364. The molecule has 1 aliphatic heterocycles. The highest BCUT2D eigenvalue weighted by Gasteiger charge is 2.22. The molecule has 3 heterocycles. The minimum Gasteiger partial charge on any atom is -0.485 e. The molecule has 7 nitrogen and oxygen atoms in total. The van der Waals surface area contributed by atoms with Gasteiger partial charge >= 0.3 is 6.15 Å². The van der Waals surface area contributed by atoms with Crippen LogP contribution in [0.4, 0.5) is 4.39 Å². The van der Waals surface area contributed by atoms with Gasteiger partial charge in [0.1, 0.15) is 17.7 Å². The standard InChI is InChI=1S/C25H22Cl2FN3O2S2.CO2/c1-13(2)34-24-23(15-4-5-21(26)22(27)8-15)29-25(35-24)31-10-20(14(3)30-31)16-6-17(28)9-18(7-16)33-19-11-32-12-19;2-1-3/h4-10,13,19H,11-12H2,1-3H3;. The van der Waals surface area contributed by atoms with Crippen LogP contribution in [0.2, 0.25) is 10.0 Å². The van der Waals surface area contributed by atoms with E-state index in [1.807, 2.05) is 31.3 Å². The fourth-order valence-electron chi connectivity index (χ4n) is 3.62. The van der Waals surface area contributed by atoms with E-state index in [2.05, 4.69) is 18.9 Å². The number of hydrogen-bond acceptors (Lipinski definition) is 8. The Hall–Kier alpha value is -2.72. The molecule has 0 saturated carbocycles. The molecule has 0 N–H and O–H groups in total. The predicted octanol–water partition coefficient (Wildman–Crippen LogP) is 7.11. The maximum atomic E-state index is 14.4. The smallest absolute Gasteiger partial charge is 0.373 e. The highest BCUT2D eigenvalue weighted by molar-refractivity contribution is 8.01. The van der Waals surface area contributed by atoms with Gasteiger partial charge in [0.25, 0.3) is 0 Å². The Morgan fingerprint density at radius 1 is 1.16 bits per heavy atom. The van der Waals surface area contributed by atoms with Crippen LogP contribution in [-0.4, -0.2) is 45.5 Å². The molecule has 12 heteroatoms. The van der Waals surface area contributed by atoms with E-state index < -0.39 is 0 Å². The summed E-state index contributed by atoms with van der Waals surface area (Å²) in [5.41, 5.74) is 3.99. The molecule has 0 bridgehead atoms. The van der Waals surface area contributed by atoms with Crippen molar-refractivity contribution in [2.24, 2.45) is 0 Å². The van der Waals surface area contributed by atoms with Crippen LogP contribution < -0.4 is 4.74 Å². The first-order valence-corrected chi connectivity index (χ1v) is 13.9. The quantitative estimate of drug-likeness (QED) is 0.211. The lowest BCUT2D eigenvalue weighted by atomic mass is 10.1. The second-order valence-electron chi connectivity index (χ2n) is 8.54. The van der Waals surface area contributed by atoms with Gasteiger partial charge in [-0.25, -0.2) is 14.1 Å². The first kappa shape index (κ1) is 28.3. The van der Waals surface area contributed by atoms with Crippen LogP contribution >= 0.6 is 46.3 Å². The maximum absolute atomic E-state index is 14.4. The Kier molecular flexibility index (Phi) is 9.25. The predicted molar refractivity (Wildman–Crippen MR) is 146 cm³/mol.